The van der Waals surface area contributed by atoms with E-state index in [4.69, 9.17) is 4.74 Å². The lowest BCUT2D eigenvalue weighted by atomic mass is 9.85. The summed E-state index contributed by atoms with van der Waals surface area (Å²) in [6.07, 6.45) is 12.2. The minimum absolute atomic E-state index is 0.845. The predicted octanol–water partition coefficient (Wildman–Crippen LogP) is 5.38. The Balaban J connectivity index is 1.71. The lowest BCUT2D eigenvalue weighted by Gasteiger charge is -2.21. The Morgan fingerprint density at radius 1 is 1.05 bits per heavy atom. The molecule has 0 amide bonds. The molecular formula is C18H28O. The summed E-state index contributed by atoms with van der Waals surface area (Å²) in [7, 11) is 0. The van der Waals surface area contributed by atoms with Crippen molar-refractivity contribution in [2.45, 2.75) is 64.7 Å². The molecule has 0 N–H and O–H groups in total. The summed E-state index contributed by atoms with van der Waals surface area (Å²) in [6.45, 7) is 3.04. The van der Waals surface area contributed by atoms with Crippen molar-refractivity contribution in [3.63, 3.8) is 0 Å². The summed E-state index contributed by atoms with van der Waals surface area (Å²) in [5.41, 5.74) is 1.47. The van der Waals surface area contributed by atoms with Crippen LogP contribution in [-0.4, -0.2) is 6.61 Å². The number of hydrogen-bond acceptors (Lipinski definition) is 1. The highest BCUT2D eigenvalue weighted by Gasteiger charge is 2.12. The first-order chi connectivity index (χ1) is 9.38. The van der Waals surface area contributed by atoms with Crippen molar-refractivity contribution in [1.29, 1.82) is 0 Å². The van der Waals surface area contributed by atoms with Gasteiger partial charge in [-0.15, -0.1) is 0 Å². The predicted molar refractivity (Wildman–Crippen MR) is 81.7 cm³/mol. The Kier molecular flexibility index (Phi) is 6.26. The zero-order valence-electron chi connectivity index (χ0n) is 12.4. The van der Waals surface area contributed by atoms with Gasteiger partial charge in [0.15, 0.2) is 0 Å². The van der Waals surface area contributed by atoms with Gasteiger partial charge in [-0.05, 0) is 42.9 Å². The van der Waals surface area contributed by atoms with Gasteiger partial charge in [-0.3, -0.25) is 0 Å². The van der Waals surface area contributed by atoms with Crippen LogP contribution in [0.25, 0.3) is 0 Å². The molecule has 0 bridgehead atoms. The van der Waals surface area contributed by atoms with E-state index in [2.05, 4.69) is 31.2 Å². The lowest BCUT2D eigenvalue weighted by molar-refractivity contribution is 0.309. The van der Waals surface area contributed by atoms with Crippen LogP contribution in [0.1, 0.15) is 63.9 Å². The van der Waals surface area contributed by atoms with E-state index in [0.29, 0.717) is 0 Å². The topological polar surface area (TPSA) is 9.23 Å². The first-order valence-electron chi connectivity index (χ1n) is 8.10. The number of rotatable bonds is 7. The number of hydrogen-bond donors (Lipinski definition) is 0. The third kappa shape index (κ3) is 5.26. The highest BCUT2D eigenvalue weighted by atomic mass is 16.5. The van der Waals surface area contributed by atoms with E-state index in [-0.39, 0.29) is 0 Å². The molecule has 0 unspecified atom stereocenters. The van der Waals surface area contributed by atoms with Gasteiger partial charge in [-0.2, -0.15) is 0 Å². The summed E-state index contributed by atoms with van der Waals surface area (Å²) < 4.78 is 5.70. The standard InChI is InChI=1S/C18H28O/c1-2-3-15-19-18-13-11-17(12-14-18)10-9-16-7-5-4-6-8-16/h11-14,16H,2-10,15H2,1H3. The van der Waals surface area contributed by atoms with Crippen molar-refractivity contribution >= 4 is 0 Å². The van der Waals surface area contributed by atoms with Crippen LogP contribution in [0.2, 0.25) is 0 Å². The van der Waals surface area contributed by atoms with E-state index in [1.54, 1.807) is 0 Å². The van der Waals surface area contributed by atoms with Gasteiger partial charge in [0, 0.05) is 0 Å². The normalized spacial score (nSPS) is 16.5. The van der Waals surface area contributed by atoms with Crippen LogP contribution in [0.5, 0.6) is 5.75 Å². The molecule has 0 spiro atoms. The molecule has 1 saturated carbocycles. The lowest BCUT2D eigenvalue weighted by Crippen LogP contribution is -2.07. The van der Waals surface area contributed by atoms with Gasteiger partial charge in [0.2, 0.25) is 0 Å². The Morgan fingerprint density at radius 3 is 2.47 bits per heavy atom. The second kappa shape index (κ2) is 8.24. The SMILES string of the molecule is CCCCOc1ccc(CCC2CCCCC2)cc1. The van der Waals surface area contributed by atoms with Crippen molar-refractivity contribution in [2.75, 3.05) is 6.61 Å². The largest absolute Gasteiger partial charge is 0.494 e. The van der Waals surface area contributed by atoms with E-state index in [1.807, 2.05) is 0 Å². The van der Waals surface area contributed by atoms with Gasteiger partial charge >= 0.3 is 0 Å². The smallest absolute Gasteiger partial charge is 0.119 e. The van der Waals surface area contributed by atoms with E-state index >= 15 is 0 Å². The summed E-state index contributed by atoms with van der Waals surface area (Å²) in [4.78, 5) is 0. The summed E-state index contributed by atoms with van der Waals surface area (Å²) in [5, 5.41) is 0. The minimum atomic E-state index is 0.845. The van der Waals surface area contributed by atoms with E-state index < -0.39 is 0 Å². The quantitative estimate of drug-likeness (QED) is 0.598. The molecular weight excluding hydrogens is 232 g/mol. The molecule has 1 aromatic rings. The third-order valence-corrected chi connectivity index (χ3v) is 4.26. The Morgan fingerprint density at radius 2 is 1.79 bits per heavy atom. The average molecular weight is 260 g/mol. The van der Waals surface area contributed by atoms with Gasteiger partial charge in [0.25, 0.3) is 0 Å². The fourth-order valence-electron chi connectivity index (χ4n) is 2.93. The molecule has 1 aliphatic carbocycles. The summed E-state index contributed by atoms with van der Waals surface area (Å²) in [5.74, 6) is 2.00. The molecule has 1 aliphatic rings. The first kappa shape index (κ1) is 14.4. The summed E-state index contributed by atoms with van der Waals surface area (Å²) in [6, 6.07) is 8.74. The third-order valence-electron chi connectivity index (χ3n) is 4.26. The Bertz CT molecular complexity index is 335. The second-order valence-corrected chi connectivity index (χ2v) is 5.89. The molecule has 1 aromatic carbocycles. The molecule has 106 valence electrons. The average Bonchev–Trinajstić information content (AvgIpc) is 2.48. The molecule has 0 atom stereocenters. The van der Waals surface area contributed by atoms with E-state index in [1.165, 1.54) is 56.9 Å². The molecule has 0 radical (unpaired) electrons. The number of aryl methyl sites for hydroxylation is 1. The first-order valence-corrected chi connectivity index (χ1v) is 8.10. The van der Waals surface area contributed by atoms with Crippen LogP contribution < -0.4 is 4.74 Å². The van der Waals surface area contributed by atoms with Crippen molar-refractivity contribution in [3.8, 4) is 5.75 Å². The van der Waals surface area contributed by atoms with Crippen LogP contribution in [0.15, 0.2) is 24.3 Å². The van der Waals surface area contributed by atoms with E-state index in [9.17, 15) is 0 Å². The highest BCUT2D eigenvalue weighted by Crippen LogP contribution is 2.27. The van der Waals surface area contributed by atoms with Crippen molar-refractivity contribution in [2.24, 2.45) is 5.92 Å². The molecule has 0 saturated heterocycles. The van der Waals surface area contributed by atoms with Crippen LogP contribution >= 0.6 is 0 Å². The van der Waals surface area contributed by atoms with Gasteiger partial charge in [0.05, 0.1) is 6.61 Å². The number of unbranched alkanes of at least 4 members (excludes halogenated alkanes) is 1. The van der Waals surface area contributed by atoms with Crippen molar-refractivity contribution in [1.82, 2.24) is 0 Å². The molecule has 0 aliphatic heterocycles. The Hall–Kier alpha value is -0.980. The van der Waals surface area contributed by atoms with E-state index in [0.717, 1.165) is 24.7 Å². The van der Waals surface area contributed by atoms with Gasteiger partial charge in [-0.1, -0.05) is 57.6 Å². The number of ether oxygens (including phenoxy) is 1. The Labute approximate surface area is 118 Å². The molecule has 0 aromatic heterocycles. The van der Waals surface area contributed by atoms with Crippen molar-refractivity contribution < 1.29 is 4.74 Å². The summed E-state index contributed by atoms with van der Waals surface area (Å²) >= 11 is 0. The highest BCUT2D eigenvalue weighted by molar-refractivity contribution is 5.27. The van der Waals surface area contributed by atoms with Crippen LogP contribution in [0.3, 0.4) is 0 Å². The zero-order chi connectivity index (χ0) is 13.3. The molecule has 2 rings (SSSR count). The molecule has 1 heteroatoms. The van der Waals surface area contributed by atoms with Gasteiger partial charge in [-0.25, -0.2) is 0 Å². The molecule has 0 heterocycles. The van der Waals surface area contributed by atoms with Crippen LogP contribution in [0.4, 0.5) is 0 Å². The fraction of sp³-hybridized carbons (Fsp3) is 0.667. The van der Waals surface area contributed by atoms with Gasteiger partial charge < -0.3 is 4.74 Å². The molecule has 1 fully saturated rings. The number of benzene rings is 1. The molecule has 19 heavy (non-hydrogen) atoms. The second-order valence-electron chi connectivity index (χ2n) is 5.89. The maximum absolute atomic E-state index is 5.70. The minimum Gasteiger partial charge on any atom is -0.494 e. The van der Waals surface area contributed by atoms with Crippen LogP contribution in [-0.2, 0) is 6.42 Å². The van der Waals surface area contributed by atoms with Gasteiger partial charge in [0.1, 0.15) is 5.75 Å². The maximum Gasteiger partial charge on any atom is 0.119 e. The zero-order valence-corrected chi connectivity index (χ0v) is 12.4. The molecule has 1 nitrogen and oxygen atoms in total. The van der Waals surface area contributed by atoms with Crippen molar-refractivity contribution in [3.05, 3.63) is 29.8 Å². The fourth-order valence-corrected chi connectivity index (χ4v) is 2.93. The van der Waals surface area contributed by atoms with Crippen LogP contribution in [0, 0.1) is 5.92 Å². The monoisotopic (exact) mass is 260 g/mol. The maximum atomic E-state index is 5.70.